The van der Waals surface area contributed by atoms with Crippen molar-refractivity contribution in [1.82, 2.24) is 9.80 Å². The highest BCUT2D eigenvalue weighted by molar-refractivity contribution is 8.23. The molecule has 0 aromatic heterocycles. The van der Waals surface area contributed by atoms with E-state index in [-0.39, 0.29) is 59.7 Å². The Kier molecular flexibility index (Phi) is 11.5. The maximum Gasteiger partial charge on any atom is 0.335 e. The van der Waals surface area contributed by atoms with Crippen LogP contribution < -0.4 is 0 Å². The Labute approximate surface area is 293 Å². The summed E-state index contributed by atoms with van der Waals surface area (Å²) in [6, 6.07) is 7.99. The van der Waals surface area contributed by atoms with Gasteiger partial charge in [0.1, 0.15) is 23.6 Å². The Bertz CT molecular complexity index is 1410. The van der Waals surface area contributed by atoms with Gasteiger partial charge in [0.25, 0.3) is 0 Å². The number of esters is 3. The van der Waals surface area contributed by atoms with Crippen LogP contribution in [0.4, 0.5) is 0 Å². The van der Waals surface area contributed by atoms with Crippen LogP contribution >= 0.6 is 35.6 Å². The number of benzene rings is 1. The zero-order valence-electron chi connectivity index (χ0n) is 27.9. The lowest BCUT2D eigenvalue weighted by Gasteiger charge is -2.60. The van der Waals surface area contributed by atoms with Gasteiger partial charge in [-0.25, -0.2) is 4.79 Å². The molecule has 0 amide bonds. The fourth-order valence-electron chi connectivity index (χ4n) is 8.47. The Balaban J connectivity index is 1.32. The molecule has 8 nitrogen and oxygen atoms in total. The van der Waals surface area contributed by atoms with Crippen molar-refractivity contribution in [3.05, 3.63) is 58.7 Å². The number of carbonyl (C=O) groups is 3. The average Bonchev–Trinajstić information content (AvgIpc) is 3.46. The van der Waals surface area contributed by atoms with Crippen molar-refractivity contribution < 1.29 is 28.6 Å². The Morgan fingerprint density at radius 3 is 2.45 bits per heavy atom. The number of thiocarbonyl (C=S) groups is 1. The molecule has 4 aliphatic rings. The van der Waals surface area contributed by atoms with Crippen molar-refractivity contribution in [2.75, 3.05) is 39.4 Å². The van der Waals surface area contributed by atoms with Gasteiger partial charge in [-0.1, -0.05) is 73.7 Å². The zero-order valence-corrected chi connectivity index (χ0v) is 30.3. The van der Waals surface area contributed by atoms with Gasteiger partial charge >= 0.3 is 17.9 Å². The summed E-state index contributed by atoms with van der Waals surface area (Å²) < 4.78 is 17.7. The predicted molar refractivity (Wildman–Crippen MR) is 189 cm³/mol. The third-order valence-corrected chi connectivity index (χ3v) is 12.9. The number of hydrogen-bond acceptors (Lipinski definition) is 9. The fourth-order valence-corrected chi connectivity index (χ4v) is 10.3. The van der Waals surface area contributed by atoms with E-state index in [9.17, 15) is 14.4 Å². The van der Waals surface area contributed by atoms with E-state index in [4.69, 9.17) is 38.0 Å². The molecule has 5 rings (SSSR count). The SMILES string of the molecule is C=C1CC[C@@H]2[C@](C)(COC(C)=O)[C@H](OC(C)=O)CC[C@@]2(C)[C@@H]1C[C@H](SC(=S)N1CCN(Cc2ccc(Cl)cc2)CC1)C1=CCOC1=O. The maximum atomic E-state index is 13.0. The molecule has 11 heteroatoms. The van der Waals surface area contributed by atoms with Crippen molar-refractivity contribution in [1.29, 1.82) is 0 Å². The van der Waals surface area contributed by atoms with Gasteiger partial charge in [-0.15, -0.1) is 0 Å². The zero-order chi connectivity index (χ0) is 33.9. The lowest BCUT2D eigenvalue weighted by Crippen LogP contribution is -2.59. The number of halogens is 1. The van der Waals surface area contributed by atoms with Crippen molar-refractivity contribution in [3.63, 3.8) is 0 Å². The first-order chi connectivity index (χ1) is 22.3. The van der Waals surface area contributed by atoms with E-state index in [0.717, 1.165) is 61.3 Å². The predicted octanol–water partition coefficient (Wildman–Crippen LogP) is 6.60. The van der Waals surface area contributed by atoms with Crippen LogP contribution in [0.2, 0.25) is 5.02 Å². The van der Waals surface area contributed by atoms with Gasteiger partial charge < -0.3 is 19.1 Å². The van der Waals surface area contributed by atoms with Crippen molar-refractivity contribution >= 4 is 57.8 Å². The van der Waals surface area contributed by atoms with Crippen LogP contribution in [-0.2, 0) is 35.1 Å². The molecule has 1 aromatic carbocycles. The average molecular weight is 703 g/mol. The second-order valence-electron chi connectivity index (χ2n) is 14.0. The summed E-state index contributed by atoms with van der Waals surface area (Å²) >= 11 is 13.7. The molecule has 1 saturated heterocycles. The summed E-state index contributed by atoms with van der Waals surface area (Å²) in [6.07, 6.45) is 5.41. The Morgan fingerprint density at radius 2 is 1.83 bits per heavy atom. The van der Waals surface area contributed by atoms with Crippen molar-refractivity contribution in [2.24, 2.45) is 22.7 Å². The first-order valence-electron chi connectivity index (χ1n) is 16.6. The number of carbonyl (C=O) groups excluding carboxylic acids is 3. The first kappa shape index (κ1) is 35.9. The van der Waals surface area contributed by atoms with Crippen LogP contribution in [0.3, 0.4) is 0 Å². The van der Waals surface area contributed by atoms with Gasteiger partial charge in [0, 0.05) is 62.3 Å². The molecule has 0 bridgehead atoms. The van der Waals surface area contributed by atoms with Gasteiger partial charge in [-0.05, 0) is 73.1 Å². The number of fused-ring (bicyclic) bond motifs is 1. The Morgan fingerprint density at radius 1 is 1.13 bits per heavy atom. The standard InChI is InChI=1S/C36H47ClN2O6S2/c1-23-6-11-31-35(4,14-12-32(45-25(3)41)36(31,5)22-44-24(2)40)29(23)20-30(28-13-19-43-33(28)42)47-34(46)39-17-15-38(16-18-39)21-26-7-9-27(37)10-8-26/h7-10,13,29-32H,1,6,11-12,14-22H2,2-5H3/t29-,30+,31+,32-,35+,36+/m1/s1. The smallest absolute Gasteiger partial charge is 0.335 e. The largest absolute Gasteiger partial charge is 0.465 e. The van der Waals surface area contributed by atoms with Crippen molar-refractivity contribution in [3.8, 4) is 0 Å². The monoisotopic (exact) mass is 702 g/mol. The normalized spacial score (nSPS) is 30.2. The molecule has 0 spiro atoms. The number of piperazine rings is 1. The molecular weight excluding hydrogens is 656 g/mol. The van der Waals surface area contributed by atoms with Crippen LogP contribution in [0.5, 0.6) is 0 Å². The molecule has 0 N–H and O–H groups in total. The minimum atomic E-state index is -0.557. The lowest BCUT2D eigenvalue weighted by atomic mass is 9.46. The van der Waals surface area contributed by atoms with Gasteiger partial charge in [-0.3, -0.25) is 14.5 Å². The quantitative estimate of drug-likeness (QED) is 0.121. The van der Waals surface area contributed by atoms with Gasteiger partial charge in [-0.2, -0.15) is 0 Å². The summed E-state index contributed by atoms with van der Waals surface area (Å²) in [5.74, 6) is -0.758. The lowest BCUT2D eigenvalue weighted by molar-refractivity contribution is -0.191. The first-order valence-corrected chi connectivity index (χ1v) is 18.2. The number of thioether (sulfide) groups is 1. The highest BCUT2D eigenvalue weighted by Gasteiger charge is 2.60. The number of nitrogens with zero attached hydrogens (tertiary/aromatic N) is 2. The van der Waals surface area contributed by atoms with Crippen LogP contribution in [0.25, 0.3) is 0 Å². The molecule has 2 heterocycles. The maximum absolute atomic E-state index is 13.0. The third-order valence-electron chi connectivity index (χ3n) is 11.0. The molecule has 256 valence electrons. The number of hydrogen-bond donors (Lipinski definition) is 0. The molecule has 47 heavy (non-hydrogen) atoms. The molecular formula is C36H47ClN2O6S2. The summed E-state index contributed by atoms with van der Waals surface area (Å²) in [6.45, 7) is 16.6. The van der Waals surface area contributed by atoms with Crippen LogP contribution in [0.1, 0.15) is 65.4 Å². The topological polar surface area (TPSA) is 85.4 Å². The van der Waals surface area contributed by atoms with E-state index in [1.807, 2.05) is 18.2 Å². The number of cyclic esters (lactones) is 1. The van der Waals surface area contributed by atoms with E-state index >= 15 is 0 Å². The van der Waals surface area contributed by atoms with E-state index in [2.05, 4.69) is 42.4 Å². The third kappa shape index (κ3) is 8.09. The van der Waals surface area contributed by atoms with Gasteiger partial charge in [0.05, 0.1) is 5.57 Å². The molecule has 3 fully saturated rings. The summed E-state index contributed by atoms with van der Waals surface area (Å²) in [4.78, 5) is 41.8. The van der Waals surface area contributed by atoms with Crippen molar-refractivity contribution in [2.45, 2.75) is 77.7 Å². The molecule has 6 atom stereocenters. The molecule has 2 saturated carbocycles. The molecule has 1 aromatic rings. The highest BCUT2D eigenvalue weighted by atomic mass is 35.5. The number of allylic oxidation sites excluding steroid dienone is 1. The molecule has 2 aliphatic carbocycles. The fraction of sp³-hybridized carbons (Fsp3) is 0.611. The van der Waals surface area contributed by atoms with E-state index < -0.39 is 5.41 Å². The summed E-state index contributed by atoms with van der Waals surface area (Å²) in [7, 11) is 0. The molecule has 0 radical (unpaired) electrons. The van der Waals surface area contributed by atoms with Gasteiger partial charge in [0.2, 0.25) is 0 Å². The number of ether oxygens (including phenoxy) is 3. The second-order valence-corrected chi connectivity index (χ2v) is 16.3. The van der Waals surface area contributed by atoms with Gasteiger partial charge in [0.15, 0.2) is 0 Å². The second kappa shape index (κ2) is 15.0. The highest BCUT2D eigenvalue weighted by Crippen LogP contribution is 2.63. The Hall–Kier alpha value is -2.40. The van der Waals surface area contributed by atoms with E-state index in [0.29, 0.717) is 18.4 Å². The summed E-state index contributed by atoms with van der Waals surface area (Å²) in [5, 5.41) is 0.552. The van der Waals surface area contributed by atoms with E-state index in [1.54, 1.807) is 11.8 Å². The minimum absolute atomic E-state index is 0.0852. The van der Waals surface area contributed by atoms with E-state index in [1.165, 1.54) is 25.0 Å². The summed E-state index contributed by atoms with van der Waals surface area (Å²) in [5.41, 5.74) is 2.31. The minimum Gasteiger partial charge on any atom is -0.465 e. The van der Waals surface area contributed by atoms with Crippen LogP contribution in [0.15, 0.2) is 48.1 Å². The number of rotatable bonds is 9. The van der Waals surface area contributed by atoms with Crippen LogP contribution in [-0.4, -0.2) is 82.8 Å². The van der Waals surface area contributed by atoms with Crippen LogP contribution in [0, 0.1) is 22.7 Å². The molecule has 2 aliphatic heterocycles. The molecule has 0 unspecified atom stereocenters.